The van der Waals surface area contributed by atoms with Crippen LogP contribution in [0.3, 0.4) is 0 Å². The van der Waals surface area contributed by atoms with Gasteiger partial charge in [-0.25, -0.2) is 9.78 Å². The van der Waals surface area contributed by atoms with E-state index in [-0.39, 0.29) is 17.6 Å². The number of urea groups is 1. The Bertz CT molecular complexity index is 1280. The van der Waals surface area contributed by atoms with Gasteiger partial charge < -0.3 is 20.5 Å². The Morgan fingerprint density at radius 3 is 2.46 bits per heavy atom. The predicted octanol–water partition coefficient (Wildman–Crippen LogP) is 4.48. The molecule has 8 heteroatoms. The van der Waals surface area contributed by atoms with Crippen LogP contribution in [0.1, 0.15) is 49.8 Å². The van der Waals surface area contributed by atoms with Crippen molar-refractivity contribution in [2.45, 2.75) is 52.2 Å². The number of aromatic nitrogens is 2. The molecule has 39 heavy (non-hydrogen) atoms. The number of piperidine rings is 1. The van der Waals surface area contributed by atoms with E-state index >= 15 is 0 Å². The maximum absolute atomic E-state index is 13.1. The van der Waals surface area contributed by atoms with Crippen LogP contribution in [0.2, 0.25) is 0 Å². The quantitative estimate of drug-likeness (QED) is 0.341. The van der Waals surface area contributed by atoms with Gasteiger partial charge in [0.25, 0.3) is 5.56 Å². The van der Waals surface area contributed by atoms with E-state index < -0.39 is 0 Å². The highest BCUT2D eigenvalue weighted by Gasteiger charge is 2.20. The largest absolute Gasteiger partial charge is 0.363 e. The lowest BCUT2D eigenvalue weighted by atomic mass is 10.0. The van der Waals surface area contributed by atoms with Gasteiger partial charge in [-0.2, -0.15) is 0 Å². The number of carbonyl (C=O) groups is 1. The Balaban J connectivity index is 1.26. The maximum atomic E-state index is 13.1. The van der Waals surface area contributed by atoms with Crippen LogP contribution in [0.15, 0.2) is 77.4 Å². The van der Waals surface area contributed by atoms with Gasteiger partial charge in [-0.15, -0.1) is 0 Å². The number of nitrogens with one attached hydrogen (secondary N) is 3. The number of anilines is 1. The van der Waals surface area contributed by atoms with E-state index in [1.54, 1.807) is 17.0 Å². The molecule has 1 saturated heterocycles. The van der Waals surface area contributed by atoms with E-state index in [9.17, 15) is 9.59 Å². The summed E-state index contributed by atoms with van der Waals surface area (Å²) in [5.74, 6) is 0.412. The van der Waals surface area contributed by atoms with Crippen LogP contribution >= 0.6 is 0 Å². The van der Waals surface area contributed by atoms with Crippen molar-refractivity contribution in [1.29, 1.82) is 0 Å². The average molecular weight is 529 g/mol. The van der Waals surface area contributed by atoms with Gasteiger partial charge in [0.2, 0.25) is 0 Å². The average Bonchev–Trinajstić information content (AvgIpc) is 2.95. The summed E-state index contributed by atoms with van der Waals surface area (Å²) in [6.07, 6.45) is 8.51. The Kier molecular flexibility index (Phi) is 10.3. The summed E-state index contributed by atoms with van der Waals surface area (Å²) in [5, 5.41) is 9.06. The highest BCUT2D eigenvalue weighted by molar-refractivity contribution is 5.73. The number of hydrogen-bond donors (Lipinski definition) is 3. The molecule has 0 spiro atoms. The molecule has 1 aliphatic rings. The van der Waals surface area contributed by atoms with Crippen LogP contribution in [0.4, 0.5) is 10.6 Å². The van der Waals surface area contributed by atoms with Crippen molar-refractivity contribution in [2.24, 2.45) is 0 Å². The summed E-state index contributed by atoms with van der Waals surface area (Å²) in [6.45, 7) is 8.72. The number of amides is 2. The van der Waals surface area contributed by atoms with Crippen molar-refractivity contribution in [3.05, 3.63) is 99.6 Å². The van der Waals surface area contributed by atoms with Gasteiger partial charge in [-0.3, -0.25) is 9.69 Å². The number of carbonyl (C=O) groups excluding carboxylic acids is 1. The van der Waals surface area contributed by atoms with E-state index in [1.807, 2.05) is 37.3 Å². The molecule has 2 aromatic carbocycles. The number of likely N-dealkylation sites (tertiary alicyclic amines) is 1. The molecule has 4 rings (SSSR count). The molecular formula is C31H40N6O2. The zero-order chi connectivity index (χ0) is 27.5. The van der Waals surface area contributed by atoms with Gasteiger partial charge in [-0.1, -0.05) is 73.2 Å². The monoisotopic (exact) mass is 528 g/mol. The van der Waals surface area contributed by atoms with Gasteiger partial charge in [0.1, 0.15) is 0 Å². The summed E-state index contributed by atoms with van der Waals surface area (Å²) < 4.78 is 1.69. The van der Waals surface area contributed by atoms with Crippen LogP contribution in [0.5, 0.6) is 0 Å². The van der Waals surface area contributed by atoms with E-state index in [0.29, 0.717) is 25.5 Å². The van der Waals surface area contributed by atoms with Gasteiger partial charge >= 0.3 is 6.03 Å². The lowest BCUT2D eigenvalue weighted by Gasteiger charge is -2.32. The molecule has 0 radical (unpaired) electrons. The summed E-state index contributed by atoms with van der Waals surface area (Å²) in [5.41, 5.74) is 4.49. The molecule has 8 nitrogen and oxygen atoms in total. The first-order valence-electron chi connectivity index (χ1n) is 13.9. The van der Waals surface area contributed by atoms with Crippen LogP contribution in [0.25, 0.3) is 6.08 Å². The van der Waals surface area contributed by atoms with E-state index in [2.05, 4.69) is 63.1 Å². The van der Waals surface area contributed by atoms with Crippen molar-refractivity contribution in [3.63, 3.8) is 0 Å². The fourth-order valence-electron chi connectivity index (χ4n) is 4.77. The van der Waals surface area contributed by atoms with Crippen LogP contribution < -0.4 is 21.5 Å². The molecular weight excluding hydrogens is 488 g/mol. The predicted molar refractivity (Wildman–Crippen MR) is 158 cm³/mol. The molecule has 206 valence electrons. The first-order chi connectivity index (χ1) is 19.0. The second kappa shape index (κ2) is 14.3. The Labute approximate surface area is 231 Å². The minimum Gasteiger partial charge on any atom is -0.363 e. The highest BCUT2D eigenvalue weighted by Crippen LogP contribution is 2.16. The number of nitrogens with zero attached hydrogens (tertiary/aromatic N) is 3. The Morgan fingerprint density at radius 2 is 1.74 bits per heavy atom. The summed E-state index contributed by atoms with van der Waals surface area (Å²) >= 11 is 0. The molecule has 1 fully saturated rings. The van der Waals surface area contributed by atoms with E-state index in [0.717, 1.165) is 50.0 Å². The molecule has 3 aromatic rings. The number of hydrogen-bond acceptors (Lipinski definition) is 5. The third-order valence-electron chi connectivity index (χ3n) is 6.89. The molecule has 0 aliphatic carbocycles. The van der Waals surface area contributed by atoms with Crippen LogP contribution in [-0.2, 0) is 13.1 Å². The molecule has 2 amide bonds. The molecule has 1 aliphatic heterocycles. The number of benzene rings is 2. The maximum Gasteiger partial charge on any atom is 0.315 e. The lowest BCUT2D eigenvalue weighted by Crippen LogP contribution is -2.41. The Hall–Kier alpha value is -3.91. The third-order valence-corrected chi connectivity index (χ3v) is 6.89. The molecule has 0 atom stereocenters. The first kappa shape index (κ1) is 28.1. The SMILES string of the molecule is CCCNC(=O)NCc1ccc(Cn2ccnc(NC3CCN(C/C(C)=C/c4ccccc4)CC3)c2=O)cc1. The molecule has 3 N–H and O–H groups in total. The van der Waals surface area contributed by atoms with Crippen LogP contribution in [-0.4, -0.2) is 52.7 Å². The zero-order valence-electron chi connectivity index (χ0n) is 23.0. The standard InChI is InChI=1S/C31H40N6O2/c1-3-15-33-31(39)34-21-26-9-11-27(12-10-26)23-37-19-16-32-29(30(37)38)35-28-13-17-36(18-14-28)22-24(2)20-25-7-5-4-6-8-25/h4-12,16,19-20,28H,3,13-15,17-18,21-23H2,1-2H3,(H,32,35)(H2,33,34,39)/b24-20+. The summed E-state index contributed by atoms with van der Waals surface area (Å²) in [6, 6.07) is 18.4. The van der Waals surface area contributed by atoms with Gasteiger partial charge in [0, 0.05) is 51.2 Å². The molecule has 2 heterocycles. The van der Waals surface area contributed by atoms with Gasteiger partial charge in [-0.05, 0) is 42.9 Å². The fraction of sp³-hybridized carbons (Fsp3) is 0.387. The summed E-state index contributed by atoms with van der Waals surface area (Å²) in [4.78, 5) is 31.7. The summed E-state index contributed by atoms with van der Waals surface area (Å²) in [7, 11) is 0. The van der Waals surface area contributed by atoms with Gasteiger partial charge in [0.15, 0.2) is 5.82 Å². The number of rotatable bonds is 11. The van der Waals surface area contributed by atoms with Crippen molar-refractivity contribution in [3.8, 4) is 0 Å². The molecule has 0 bridgehead atoms. The van der Waals surface area contributed by atoms with Crippen molar-refractivity contribution in [2.75, 3.05) is 31.5 Å². The van der Waals surface area contributed by atoms with E-state index in [1.165, 1.54) is 11.1 Å². The van der Waals surface area contributed by atoms with Gasteiger partial charge in [0.05, 0.1) is 6.54 Å². The topological polar surface area (TPSA) is 91.3 Å². The zero-order valence-corrected chi connectivity index (χ0v) is 23.0. The van der Waals surface area contributed by atoms with Crippen LogP contribution in [0, 0.1) is 0 Å². The minimum absolute atomic E-state index is 0.111. The fourth-order valence-corrected chi connectivity index (χ4v) is 4.77. The molecule has 1 aromatic heterocycles. The molecule has 0 saturated carbocycles. The minimum atomic E-state index is -0.162. The lowest BCUT2D eigenvalue weighted by molar-refractivity contribution is 0.236. The van der Waals surface area contributed by atoms with Crippen molar-refractivity contribution < 1.29 is 4.79 Å². The van der Waals surface area contributed by atoms with Crippen molar-refractivity contribution >= 4 is 17.9 Å². The second-order valence-corrected chi connectivity index (χ2v) is 10.2. The van der Waals surface area contributed by atoms with E-state index in [4.69, 9.17) is 0 Å². The smallest absolute Gasteiger partial charge is 0.315 e. The first-order valence-corrected chi connectivity index (χ1v) is 13.9. The second-order valence-electron chi connectivity index (χ2n) is 10.2. The highest BCUT2D eigenvalue weighted by atomic mass is 16.2. The third kappa shape index (κ3) is 8.82. The Morgan fingerprint density at radius 1 is 1.03 bits per heavy atom. The van der Waals surface area contributed by atoms with Crippen molar-refractivity contribution in [1.82, 2.24) is 25.1 Å². The normalized spacial score (nSPS) is 14.7. The molecule has 0 unspecified atom stereocenters.